The highest BCUT2D eigenvalue weighted by Gasteiger charge is 2.27. The lowest BCUT2D eigenvalue weighted by Gasteiger charge is -2.33. The minimum atomic E-state index is -0.163. The third-order valence-electron chi connectivity index (χ3n) is 7.09. The van der Waals surface area contributed by atoms with Gasteiger partial charge in [0.25, 0.3) is 0 Å². The molecule has 0 aliphatic carbocycles. The molecule has 4 aromatic rings. The fraction of sp³-hybridized carbons (Fsp3) is 0.281. The number of benzene rings is 3. The maximum atomic E-state index is 13.2. The van der Waals surface area contributed by atoms with Crippen LogP contribution in [0.15, 0.2) is 72.9 Å². The lowest BCUT2D eigenvalue weighted by Crippen LogP contribution is -2.43. The van der Waals surface area contributed by atoms with Gasteiger partial charge in [0, 0.05) is 48.7 Å². The summed E-state index contributed by atoms with van der Waals surface area (Å²) in [5.74, 6) is 3.94. The first kappa shape index (κ1) is 29.8. The molecule has 1 fully saturated rings. The Morgan fingerprint density at radius 1 is 0.977 bits per heavy atom. The van der Waals surface area contributed by atoms with Crippen molar-refractivity contribution in [3.05, 3.63) is 83.5 Å². The summed E-state index contributed by atoms with van der Waals surface area (Å²) in [6.07, 6.45) is 3.39. The van der Waals surface area contributed by atoms with E-state index in [1.165, 1.54) is 0 Å². The largest absolute Gasteiger partial charge is 0.493 e. The van der Waals surface area contributed by atoms with Crippen LogP contribution in [0.4, 0.5) is 17.5 Å². The van der Waals surface area contributed by atoms with E-state index in [1.54, 1.807) is 51.8 Å². The third kappa shape index (κ3) is 7.58. The number of methoxy groups -OCH3 is 3. The van der Waals surface area contributed by atoms with Gasteiger partial charge in [-0.3, -0.25) is 4.79 Å². The number of rotatable bonds is 11. The molecule has 5 rings (SSSR count). The van der Waals surface area contributed by atoms with Crippen LogP contribution < -0.4 is 34.5 Å². The molecule has 1 atom stereocenters. The number of anilines is 3. The normalized spacial score (nSPS) is 14.5. The average molecular weight is 604 g/mol. The second-order valence-corrected chi connectivity index (χ2v) is 10.4. The Labute approximate surface area is 255 Å². The summed E-state index contributed by atoms with van der Waals surface area (Å²) in [6, 6.07) is 20.3. The van der Waals surface area contributed by atoms with E-state index in [0.29, 0.717) is 58.5 Å². The molecule has 1 aliphatic heterocycles. The first-order chi connectivity index (χ1) is 20.9. The predicted molar refractivity (Wildman–Crippen MR) is 166 cm³/mol. The minimum Gasteiger partial charge on any atom is -0.493 e. The van der Waals surface area contributed by atoms with E-state index in [2.05, 4.69) is 20.5 Å². The number of hydrogen-bond acceptors (Lipinski definition) is 9. The van der Waals surface area contributed by atoms with Crippen LogP contribution >= 0.6 is 11.6 Å². The van der Waals surface area contributed by atoms with Crippen molar-refractivity contribution in [3.8, 4) is 28.7 Å². The smallest absolute Gasteiger partial charge is 0.229 e. The number of hydrogen-bond donors (Lipinski definition) is 2. The Bertz CT molecular complexity index is 1530. The lowest BCUT2D eigenvalue weighted by atomic mass is 9.97. The molecule has 43 heavy (non-hydrogen) atoms. The maximum Gasteiger partial charge on any atom is 0.229 e. The van der Waals surface area contributed by atoms with Crippen LogP contribution in [0.5, 0.6) is 28.7 Å². The van der Waals surface area contributed by atoms with Gasteiger partial charge in [0.05, 0.1) is 27.2 Å². The number of amides is 1. The van der Waals surface area contributed by atoms with E-state index in [0.717, 1.165) is 30.8 Å². The van der Waals surface area contributed by atoms with Crippen LogP contribution in [0.25, 0.3) is 0 Å². The van der Waals surface area contributed by atoms with Crippen LogP contribution in [0, 0.1) is 5.92 Å². The summed E-state index contributed by atoms with van der Waals surface area (Å²) >= 11 is 5.96. The van der Waals surface area contributed by atoms with Crippen molar-refractivity contribution in [3.63, 3.8) is 0 Å². The molecule has 1 aliphatic rings. The van der Waals surface area contributed by atoms with E-state index in [1.807, 2.05) is 42.5 Å². The van der Waals surface area contributed by atoms with Crippen molar-refractivity contribution in [1.82, 2.24) is 15.3 Å². The van der Waals surface area contributed by atoms with Crippen molar-refractivity contribution in [2.45, 2.75) is 19.4 Å². The van der Waals surface area contributed by atoms with E-state index < -0.39 is 0 Å². The van der Waals surface area contributed by atoms with Crippen molar-refractivity contribution in [2.75, 3.05) is 44.6 Å². The SMILES string of the molecule is COc1cc(Nc2nccc(N3CCCC(C(=O)NCc4cccc(Oc5ccc(Cl)cc5)c4)C3)n2)cc(OC)c1OC. The summed E-state index contributed by atoms with van der Waals surface area (Å²) in [5.41, 5.74) is 1.64. The monoisotopic (exact) mass is 603 g/mol. The Kier molecular flexibility index (Phi) is 9.68. The molecule has 0 bridgehead atoms. The van der Waals surface area contributed by atoms with Crippen LogP contribution in [0.1, 0.15) is 18.4 Å². The number of ether oxygens (including phenoxy) is 4. The number of nitrogens with zero attached hydrogens (tertiary/aromatic N) is 3. The van der Waals surface area contributed by atoms with Crippen LogP contribution in [-0.2, 0) is 11.3 Å². The molecule has 0 spiro atoms. The number of aromatic nitrogens is 2. The minimum absolute atomic E-state index is 0.0125. The zero-order chi connectivity index (χ0) is 30.2. The number of halogens is 1. The molecule has 1 amide bonds. The second-order valence-electron chi connectivity index (χ2n) is 9.98. The second kappa shape index (κ2) is 14.0. The van der Waals surface area contributed by atoms with Crippen LogP contribution in [0.2, 0.25) is 5.02 Å². The fourth-order valence-corrected chi connectivity index (χ4v) is 5.08. The summed E-state index contributed by atoms with van der Waals surface area (Å²) < 4.78 is 22.2. The molecule has 2 heterocycles. The highest BCUT2D eigenvalue weighted by molar-refractivity contribution is 6.30. The van der Waals surface area contributed by atoms with Gasteiger partial charge >= 0.3 is 0 Å². The zero-order valence-electron chi connectivity index (χ0n) is 24.3. The molecular formula is C32H34ClN5O5. The molecule has 3 aromatic carbocycles. The fourth-order valence-electron chi connectivity index (χ4n) is 4.96. The molecule has 10 nitrogen and oxygen atoms in total. The van der Waals surface area contributed by atoms with Gasteiger partial charge in [0.2, 0.25) is 17.6 Å². The highest BCUT2D eigenvalue weighted by atomic mass is 35.5. The molecule has 1 saturated heterocycles. The molecule has 2 N–H and O–H groups in total. The predicted octanol–water partition coefficient (Wildman–Crippen LogP) is 6.22. The van der Waals surface area contributed by atoms with E-state index in [-0.39, 0.29) is 11.8 Å². The number of nitrogens with one attached hydrogen (secondary N) is 2. The Hall–Kier alpha value is -4.70. The average Bonchev–Trinajstić information content (AvgIpc) is 3.04. The quantitative estimate of drug-likeness (QED) is 0.206. The summed E-state index contributed by atoms with van der Waals surface area (Å²) in [6.45, 7) is 1.77. The first-order valence-electron chi connectivity index (χ1n) is 13.9. The summed E-state index contributed by atoms with van der Waals surface area (Å²) in [7, 11) is 4.69. The Morgan fingerprint density at radius 2 is 1.74 bits per heavy atom. The number of piperidine rings is 1. The molecular weight excluding hydrogens is 570 g/mol. The molecule has 1 aromatic heterocycles. The van der Waals surface area contributed by atoms with Crippen molar-refractivity contribution in [1.29, 1.82) is 0 Å². The van der Waals surface area contributed by atoms with Crippen LogP contribution in [-0.4, -0.2) is 50.3 Å². The molecule has 11 heteroatoms. The van der Waals surface area contributed by atoms with Gasteiger partial charge in [0.15, 0.2) is 11.5 Å². The van der Waals surface area contributed by atoms with Gasteiger partial charge in [0.1, 0.15) is 17.3 Å². The molecule has 0 radical (unpaired) electrons. The summed E-state index contributed by atoms with van der Waals surface area (Å²) in [5, 5.41) is 6.97. The summed E-state index contributed by atoms with van der Waals surface area (Å²) in [4.78, 5) is 24.4. The standard InChI is InChI=1S/C32H34ClN5O5/c1-40-27-17-24(18-28(41-2)30(27)42-3)36-32-34-14-13-29(37-32)38-15-5-7-22(20-38)31(39)35-19-21-6-4-8-26(16-21)43-25-11-9-23(33)10-12-25/h4,6,8-14,16-18,22H,5,7,15,19-20H2,1-3H3,(H,35,39)(H,34,36,37). The van der Waals surface area contributed by atoms with E-state index in [9.17, 15) is 4.79 Å². The Morgan fingerprint density at radius 3 is 2.47 bits per heavy atom. The van der Waals surface area contributed by atoms with Gasteiger partial charge in [-0.25, -0.2) is 4.98 Å². The first-order valence-corrected chi connectivity index (χ1v) is 14.3. The number of carbonyl (C=O) groups is 1. The van der Waals surface area contributed by atoms with E-state index in [4.69, 9.17) is 35.5 Å². The topological polar surface area (TPSA) is 107 Å². The van der Waals surface area contributed by atoms with Crippen molar-refractivity contribution >= 4 is 35.0 Å². The Balaban J connectivity index is 1.19. The maximum absolute atomic E-state index is 13.2. The van der Waals surface area contributed by atoms with Crippen LogP contribution in [0.3, 0.4) is 0 Å². The van der Waals surface area contributed by atoms with E-state index >= 15 is 0 Å². The van der Waals surface area contributed by atoms with Crippen molar-refractivity contribution < 1.29 is 23.7 Å². The molecule has 224 valence electrons. The van der Waals surface area contributed by atoms with Gasteiger partial charge in [-0.1, -0.05) is 23.7 Å². The highest BCUT2D eigenvalue weighted by Crippen LogP contribution is 2.40. The van der Waals surface area contributed by atoms with Gasteiger partial charge < -0.3 is 34.5 Å². The van der Waals surface area contributed by atoms with Gasteiger partial charge in [-0.05, 0) is 60.9 Å². The lowest BCUT2D eigenvalue weighted by molar-refractivity contribution is -0.125. The number of carbonyl (C=O) groups excluding carboxylic acids is 1. The molecule has 0 saturated carbocycles. The zero-order valence-corrected chi connectivity index (χ0v) is 25.1. The third-order valence-corrected chi connectivity index (χ3v) is 7.34. The van der Waals surface area contributed by atoms with Gasteiger partial charge in [-0.15, -0.1) is 0 Å². The molecule has 1 unspecified atom stereocenters. The van der Waals surface area contributed by atoms with Gasteiger partial charge in [-0.2, -0.15) is 4.98 Å². The van der Waals surface area contributed by atoms with Crippen molar-refractivity contribution in [2.24, 2.45) is 5.92 Å².